The smallest absolute Gasteiger partial charge is 0.407 e. The van der Waals surface area contributed by atoms with Crippen molar-refractivity contribution < 1.29 is 34.1 Å². The van der Waals surface area contributed by atoms with Crippen molar-refractivity contribution in [2.24, 2.45) is 11.3 Å². The fraction of sp³-hybridized carbons (Fsp3) is 0.447. The molecule has 0 bridgehead atoms. The van der Waals surface area contributed by atoms with E-state index in [1.807, 2.05) is 100 Å². The molecule has 0 saturated carbocycles. The van der Waals surface area contributed by atoms with Gasteiger partial charge in [-0.2, -0.15) is 0 Å². The average molecular weight is 690 g/mol. The first-order valence-electron chi connectivity index (χ1n) is 16.9. The van der Waals surface area contributed by atoms with Crippen molar-refractivity contribution >= 4 is 24.0 Å². The number of carboxylic acid groups (broad SMARTS) is 1. The summed E-state index contributed by atoms with van der Waals surface area (Å²) in [5, 5.41) is 32.1. The van der Waals surface area contributed by atoms with Crippen molar-refractivity contribution in [3.05, 3.63) is 90.1 Å². The summed E-state index contributed by atoms with van der Waals surface area (Å²) in [4.78, 5) is 55.5. The first-order chi connectivity index (χ1) is 23.7. The van der Waals surface area contributed by atoms with E-state index in [4.69, 9.17) is 4.74 Å². The fourth-order valence-corrected chi connectivity index (χ4v) is 5.67. The van der Waals surface area contributed by atoms with Gasteiger partial charge in [0.1, 0.15) is 12.1 Å². The zero-order chi connectivity index (χ0) is 36.8. The van der Waals surface area contributed by atoms with E-state index >= 15 is 0 Å². The van der Waals surface area contributed by atoms with Gasteiger partial charge in [-0.25, -0.2) is 9.59 Å². The molecular weight excluding hydrogens is 638 g/mol. The Kier molecular flexibility index (Phi) is 14.8. The molecule has 6 atom stereocenters. The van der Waals surface area contributed by atoms with Crippen LogP contribution in [-0.4, -0.2) is 76.6 Å². The molecule has 50 heavy (non-hydrogen) atoms. The number of aliphatic hydroxyl groups is 1. The number of carbonyl (C=O) groups is 4. The number of carbonyl (C=O) groups excluding carboxylic acids is 3. The number of alkyl carbamates (subject to hydrolysis) is 1. The summed E-state index contributed by atoms with van der Waals surface area (Å²) in [6.07, 6.45) is -0.370. The lowest BCUT2D eigenvalue weighted by atomic mass is 9.85. The van der Waals surface area contributed by atoms with Crippen LogP contribution >= 0.6 is 0 Å². The lowest BCUT2D eigenvalue weighted by Crippen LogP contribution is -2.57. The summed E-state index contributed by atoms with van der Waals surface area (Å²) in [5.74, 6) is -1.32. The van der Waals surface area contributed by atoms with Crippen LogP contribution in [0.5, 0.6) is 0 Å². The van der Waals surface area contributed by atoms with Gasteiger partial charge in [0.15, 0.2) is 0 Å². The van der Waals surface area contributed by atoms with Gasteiger partial charge in [0.05, 0.1) is 24.9 Å². The largest absolute Gasteiger partial charge is 0.465 e. The Bertz CT molecular complexity index is 1530. The maximum atomic E-state index is 13.8. The number of rotatable bonds is 16. The number of aliphatic hydroxyl groups excluding tert-OH is 1. The number of nitrogens with one attached hydrogen (secondary N) is 4. The zero-order valence-corrected chi connectivity index (χ0v) is 29.7. The summed E-state index contributed by atoms with van der Waals surface area (Å²) in [5.41, 5.74) is 2.78. The van der Waals surface area contributed by atoms with E-state index < -0.39 is 59.7 Å². The van der Waals surface area contributed by atoms with E-state index in [0.717, 1.165) is 22.4 Å². The molecule has 0 aliphatic carbocycles. The second-order valence-corrected chi connectivity index (χ2v) is 13.7. The second kappa shape index (κ2) is 18.7. The highest BCUT2D eigenvalue weighted by molar-refractivity contribution is 5.87. The first kappa shape index (κ1) is 39.5. The molecule has 0 fully saturated rings. The van der Waals surface area contributed by atoms with Gasteiger partial charge in [-0.15, -0.1) is 0 Å². The number of methoxy groups -OCH3 is 1. The lowest BCUT2D eigenvalue weighted by Gasteiger charge is -2.33. The van der Waals surface area contributed by atoms with Gasteiger partial charge in [0.2, 0.25) is 11.8 Å². The lowest BCUT2D eigenvalue weighted by molar-refractivity contribution is -0.127. The summed E-state index contributed by atoms with van der Waals surface area (Å²) in [6.45, 7) is 9.09. The molecule has 2 aromatic carbocycles. The number of hydrogen-bond acceptors (Lipinski definition) is 7. The van der Waals surface area contributed by atoms with Gasteiger partial charge in [0, 0.05) is 17.8 Å². The third-order valence-corrected chi connectivity index (χ3v) is 8.71. The minimum atomic E-state index is -1.32. The van der Waals surface area contributed by atoms with E-state index in [0.29, 0.717) is 12.8 Å². The molecule has 6 N–H and O–H groups in total. The van der Waals surface area contributed by atoms with Gasteiger partial charge in [-0.1, -0.05) is 102 Å². The molecule has 270 valence electrons. The number of nitrogens with zero attached hydrogens (tertiary/aromatic N) is 1. The van der Waals surface area contributed by atoms with Crippen molar-refractivity contribution in [1.29, 1.82) is 0 Å². The molecule has 0 spiro atoms. The number of ether oxygens (including phenoxy) is 1. The SMILES string of the molecule is CC[C@H](C)[C@@H](NC(=O)O)C(=O)N[C@@H](Cc1ccccc1)[C@@H](O)C[C@H](Cc1ccc(-c2ccccn2)cc1)NC(=O)[C@@H](NC(=O)OC)C(C)(C)C. The number of amides is 4. The van der Waals surface area contributed by atoms with Crippen molar-refractivity contribution in [3.63, 3.8) is 0 Å². The average Bonchev–Trinajstić information content (AvgIpc) is 3.09. The summed E-state index contributed by atoms with van der Waals surface area (Å²) < 4.78 is 4.77. The summed E-state index contributed by atoms with van der Waals surface area (Å²) >= 11 is 0. The molecule has 4 amide bonds. The van der Waals surface area contributed by atoms with Gasteiger partial charge in [-0.3, -0.25) is 14.6 Å². The van der Waals surface area contributed by atoms with E-state index in [-0.39, 0.29) is 18.8 Å². The van der Waals surface area contributed by atoms with E-state index in [1.165, 1.54) is 7.11 Å². The molecule has 0 unspecified atom stereocenters. The van der Waals surface area contributed by atoms with E-state index in [1.54, 1.807) is 13.1 Å². The molecular formula is C38H51N5O7. The van der Waals surface area contributed by atoms with Crippen LogP contribution in [-0.2, 0) is 27.2 Å². The number of pyridine rings is 1. The van der Waals surface area contributed by atoms with Crippen LogP contribution in [0.4, 0.5) is 9.59 Å². The van der Waals surface area contributed by atoms with Crippen LogP contribution in [0.1, 0.15) is 58.6 Å². The van der Waals surface area contributed by atoms with Crippen LogP contribution < -0.4 is 21.3 Å². The molecule has 0 aliphatic heterocycles. The molecule has 0 saturated heterocycles. The standard InChI is InChI=1S/C38H51N5O7/c1-7-24(2)32(42-36(47)48)34(45)41-30(22-25-13-9-8-10-14-25)31(44)23-28(40-35(46)33(38(3,4)5)43-37(49)50-6)21-26-16-18-27(19-17-26)29-15-11-12-20-39-29/h8-20,24,28,30-33,42,44H,7,21-23H2,1-6H3,(H,40,46)(H,41,45)(H,43,49)(H,47,48)/t24-,28-,30-,31-,32+,33+/m0/s1. The third-order valence-electron chi connectivity index (χ3n) is 8.71. The van der Waals surface area contributed by atoms with Crippen molar-refractivity contribution in [2.75, 3.05) is 7.11 Å². The second-order valence-electron chi connectivity index (χ2n) is 13.7. The van der Waals surface area contributed by atoms with Crippen LogP contribution in [0.3, 0.4) is 0 Å². The summed E-state index contributed by atoms with van der Waals surface area (Å²) in [6, 6.07) is 19.3. The Morgan fingerprint density at radius 2 is 1.46 bits per heavy atom. The minimum absolute atomic E-state index is 0.0287. The maximum absolute atomic E-state index is 13.8. The van der Waals surface area contributed by atoms with E-state index in [2.05, 4.69) is 26.3 Å². The molecule has 0 aliphatic rings. The third kappa shape index (κ3) is 12.2. The van der Waals surface area contributed by atoms with Gasteiger partial charge >= 0.3 is 12.2 Å². The topological polar surface area (TPSA) is 179 Å². The highest BCUT2D eigenvalue weighted by Crippen LogP contribution is 2.22. The van der Waals surface area contributed by atoms with Crippen LogP contribution in [0.15, 0.2) is 79.0 Å². The predicted octanol–water partition coefficient (Wildman–Crippen LogP) is 4.71. The molecule has 0 radical (unpaired) electrons. The van der Waals surface area contributed by atoms with Gasteiger partial charge in [-0.05, 0) is 53.9 Å². The fourth-order valence-electron chi connectivity index (χ4n) is 5.67. The highest BCUT2D eigenvalue weighted by Gasteiger charge is 2.36. The summed E-state index contributed by atoms with van der Waals surface area (Å²) in [7, 11) is 1.22. The number of benzene rings is 2. The maximum Gasteiger partial charge on any atom is 0.407 e. The van der Waals surface area contributed by atoms with Gasteiger partial charge in [0.25, 0.3) is 0 Å². The number of aromatic nitrogens is 1. The molecule has 1 heterocycles. The number of hydrogen-bond donors (Lipinski definition) is 6. The van der Waals surface area contributed by atoms with E-state index in [9.17, 15) is 29.4 Å². The highest BCUT2D eigenvalue weighted by atomic mass is 16.5. The Labute approximate surface area is 294 Å². The van der Waals surface area contributed by atoms with Crippen molar-refractivity contribution in [1.82, 2.24) is 26.3 Å². The first-order valence-corrected chi connectivity index (χ1v) is 16.9. The molecule has 12 nitrogen and oxygen atoms in total. The predicted molar refractivity (Wildman–Crippen MR) is 191 cm³/mol. The Balaban J connectivity index is 1.94. The molecule has 1 aromatic heterocycles. The Hall–Kier alpha value is -4.97. The zero-order valence-electron chi connectivity index (χ0n) is 29.7. The van der Waals surface area contributed by atoms with Crippen molar-refractivity contribution in [3.8, 4) is 11.3 Å². The van der Waals surface area contributed by atoms with Crippen LogP contribution in [0.25, 0.3) is 11.3 Å². The normalized spacial score (nSPS) is 14.9. The van der Waals surface area contributed by atoms with Crippen LogP contribution in [0, 0.1) is 11.3 Å². The van der Waals surface area contributed by atoms with Crippen LogP contribution in [0.2, 0.25) is 0 Å². The van der Waals surface area contributed by atoms with Crippen molar-refractivity contribution in [2.45, 2.75) is 90.6 Å². The monoisotopic (exact) mass is 689 g/mol. The Morgan fingerprint density at radius 3 is 2.02 bits per heavy atom. The van der Waals surface area contributed by atoms with Gasteiger partial charge < -0.3 is 36.2 Å². The Morgan fingerprint density at radius 1 is 0.820 bits per heavy atom. The minimum Gasteiger partial charge on any atom is -0.465 e. The molecule has 12 heteroatoms. The quantitative estimate of drug-likeness (QED) is 0.125. The molecule has 3 rings (SSSR count). The molecule has 3 aromatic rings.